The van der Waals surface area contributed by atoms with Crippen LogP contribution >= 0.6 is 11.3 Å². The molecule has 1 atom stereocenters. The number of benzene rings is 2. The van der Waals surface area contributed by atoms with Crippen molar-refractivity contribution >= 4 is 33.3 Å². The Hall–Kier alpha value is -3.52. The van der Waals surface area contributed by atoms with E-state index in [1.54, 1.807) is 23.7 Å². The van der Waals surface area contributed by atoms with Crippen LogP contribution in [0.1, 0.15) is 41.1 Å². The summed E-state index contributed by atoms with van der Waals surface area (Å²) < 4.78 is 25.3. The standard InChI is InChI=1S/C23H17FN2O4S/c1-2-10-29-15-6-3-13(4-7-15)19-18-20(27)16-12-14(24)5-8-17(16)30-21(18)22(28)26(19)23-25-9-11-31-23/h3-9,11-12,19H,2,10H2,1H3. The first kappa shape index (κ1) is 19.4. The number of rotatable bonds is 5. The van der Waals surface area contributed by atoms with Gasteiger partial charge in [0.05, 0.1) is 23.6 Å². The van der Waals surface area contributed by atoms with Crippen LogP contribution in [0.25, 0.3) is 11.0 Å². The van der Waals surface area contributed by atoms with Gasteiger partial charge in [-0.1, -0.05) is 19.1 Å². The number of hydrogen-bond donors (Lipinski definition) is 0. The molecule has 0 fully saturated rings. The third kappa shape index (κ3) is 3.19. The number of nitrogens with zero attached hydrogens (tertiary/aromatic N) is 2. The summed E-state index contributed by atoms with van der Waals surface area (Å²) in [6.45, 7) is 2.62. The molecule has 1 aliphatic heterocycles. The SMILES string of the molecule is CCCOc1ccc(C2c3c(oc4ccc(F)cc4c3=O)C(=O)N2c2nccs2)cc1. The number of carbonyl (C=O) groups excluding carboxylic acids is 1. The summed E-state index contributed by atoms with van der Waals surface area (Å²) >= 11 is 1.29. The van der Waals surface area contributed by atoms with Crippen molar-refractivity contribution in [2.75, 3.05) is 11.5 Å². The number of anilines is 1. The molecule has 5 rings (SSSR count). The van der Waals surface area contributed by atoms with E-state index in [0.717, 1.165) is 12.5 Å². The zero-order chi connectivity index (χ0) is 21.5. The molecule has 31 heavy (non-hydrogen) atoms. The molecule has 2 aromatic heterocycles. The van der Waals surface area contributed by atoms with Crippen LogP contribution in [0.2, 0.25) is 0 Å². The molecule has 0 saturated carbocycles. The second kappa shape index (κ2) is 7.63. The molecule has 0 bridgehead atoms. The number of aromatic nitrogens is 1. The van der Waals surface area contributed by atoms with Crippen molar-refractivity contribution in [3.63, 3.8) is 0 Å². The van der Waals surface area contributed by atoms with Gasteiger partial charge < -0.3 is 9.15 Å². The Balaban J connectivity index is 1.71. The molecule has 1 unspecified atom stereocenters. The molecule has 0 spiro atoms. The highest BCUT2D eigenvalue weighted by molar-refractivity contribution is 7.13. The minimum absolute atomic E-state index is 0.0457. The van der Waals surface area contributed by atoms with Crippen molar-refractivity contribution in [2.24, 2.45) is 0 Å². The van der Waals surface area contributed by atoms with Crippen LogP contribution in [0, 0.1) is 5.82 Å². The highest BCUT2D eigenvalue weighted by Crippen LogP contribution is 2.42. The third-order valence-electron chi connectivity index (χ3n) is 5.13. The van der Waals surface area contributed by atoms with Gasteiger partial charge in [0.15, 0.2) is 10.6 Å². The van der Waals surface area contributed by atoms with E-state index in [9.17, 15) is 14.0 Å². The van der Waals surface area contributed by atoms with Crippen LogP contribution in [0.15, 0.2) is 63.3 Å². The predicted molar refractivity (Wildman–Crippen MR) is 115 cm³/mol. The normalized spacial score (nSPS) is 15.5. The number of fused-ring (bicyclic) bond motifs is 2. The highest BCUT2D eigenvalue weighted by Gasteiger charge is 2.44. The molecule has 0 radical (unpaired) electrons. The van der Waals surface area contributed by atoms with E-state index >= 15 is 0 Å². The molecule has 156 valence electrons. The van der Waals surface area contributed by atoms with E-state index in [2.05, 4.69) is 4.98 Å². The third-order valence-corrected chi connectivity index (χ3v) is 5.90. The molecule has 1 amide bonds. The smallest absolute Gasteiger partial charge is 0.297 e. The fourth-order valence-corrected chi connectivity index (χ4v) is 4.43. The van der Waals surface area contributed by atoms with Gasteiger partial charge >= 0.3 is 0 Å². The summed E-state index contributed by atoms with van der Waals surface area (Å²) in [4.78, 5) is 32.4. The minimum Gasteiger partial charge on any atom is -0.494 e. The summed E-state index contributed by atoms with van der Waals surface area (Å²) in [6, 6.07) is 10.2. The predicted octanol–water partition coefficient (Wildman–Crippen LogP) is 4.93. The first-order chi connectivity index (χ1) is 15.1. The number of halogens is 1. The van der Waals surface area contributed by atoms with Crippen molar-refractivity contribution in [3.05, 3.63) is 87.0 Å². The molecule has 0 saturated heterocycles. The van der Waals surface area contributed by atoms with E-state index in [4.69, 9.17) is 9.15 Å². The summed E-state index contributed by atoms with van der Waals surface area (Å²) in [7, 11) is 0. The Morgan fingerprint density at radius 2 is 2.00 bits per heavy atom. The quantitative estimate of drug-likeness (QED) is 0.444. The molecule has 3 heterocycles. The van der Waals surface area contributed by atoms with E-state index in [-0.39, 0.29) is 22.3 Å². The number of carbonyl (C=O) groups is 1. The lowest BCUT2D eigenvalue weighted by molar-refractivity contribution is 0.0971. The summed E-state index contributed by atoms with van der Waals surface area (Å²) in [6.07, 6.45) is 2.48. The second-order valence-corrected chi connectivity index (χ2v) is 8.00. The molecular weight excluding hydrogens is 419 g/mol. The lowest BCUT2D eigenvalue weighted by Gasteiger charge is -2.22. The Morgan fingerprint density at radius 3 is 2.71 bits per heavy atom. The van der Waals surface area contributed by atoms with E-state index < -0.39 is 23.2 Å². The zero-order valence-corrected chi connectivity index (χ0v) is 17.3. The average Bonchev–Trinajstić information content (AvgIpc) is 3.40. The largest absolute Gasteiger partial charge is 0.494 e. The fraction of sp³-hybridized carbons (Fsp3) is 0.174. The van der Waals surface area contributed by atoms with Crippen LogP contribution < -0.4 is 15.1 Å². The average molecular weight is 436 g/mol. The number of amides is 1. The van der Waals surface area contributed by atoms with Crippen molar-refractivity contribution < 1.29 is 18.3 Å². The lowest BCUT2D eigenvalue weighted by atomic mass is 9.98. The Labute approximate surface area is 180 Å². The van der Waals surface area contributed by atoms with Gasteiger partial charge in [0, 0.05) is 11.6 Å². The molecular formula is C23H17FN2O4S. The molecule has 4 aromatic rings. The van der Waals surface area contributed by atoms with Crippen LogP contribution in [0.3, 0.4) is 0 Å². The Morgan fingerprint density at radius 1 is 1.19 bits per heavy atom. The van der Waals surface area contributed by atoms with Gasteiger partial charge in [-0.2, -0.15) is 0 Å². The van der Waals surface area contributed by atoms with Crippen LogP contribution in [-0.2, 0) is 0 Å². The maximum absolute atomic E-state index is 13.8. The van der Waals surface area contributed by atoms with Gasteiger partial charge in [-0.05, 0) is 42.3 Å². The summed E-state index contributed by atoms with van der Waals surface area (Å²) in [5.41, 5.74) is 0.621. The highest BCUT2D eigenvalue weighted by atomic mass is 32.1. The summed E-state index contributed by atoms with van der Waals surface area (Å²) in [5, 5.41) is 2.30. The minimum atomic E-state index is -0.738. The molecule has 1 aliphatic rings. The van der Waals surface area contributed by atoms with Gasteiger partial charge in [-0.25, -0.2) is 9.37 Å². The van der Waals surface area contributed by atoms with E-state index in [1.807, 2.05) is 19.1 Å². The molecule has 0 N–H and O–H groups in total. The zero-order valence-electron chi connectivity index (χ0n) is 16.5. The Kier molecular flexibility index (Phi) is 4.78. The molecule has 6 nitrogen and oxygen atoms in total. The molecule has 0 aliphatic carbocycles. The lowest BCUT2D eigenvalue weighted by Crippen LogP contribution is -2.29. The summed E-state index contributed by atoms with van der Waals surface area (Å²) in [5.74, 6) is -0.349. The molecule has 2 aromatic carbocycles. The van der Waals surface area contributed by atoms with Crippen LogP contribution in [0.5, 0.6) is 5.75 Å². The van der Waals surface area contributed by atoms with Crippen molar-refractivity contribution in [1.82, 2.24) is 4.98 Å². The van der Waals surface area contributed by atoms with Gasteiger partial charge in [-0.3, -0.25) is 14.5 Å². The maximum atomic E-state index is 13.8. The van der Waals surface area contributed by atoms with Gasteiger partial charge in [0.1, 0.15) is 17.1 Å². The first-order valence-electron chi connectivity index (χ1n) is 9.80. The number of thiazole rings is 1. The first-order valence-corrected chi connectivity index (χ1v) is 10.7. The number of hydrogen-bond acceptors (Lipinski definition) is 6. The van der Waals surface area contributed by atoms with Gasteiger partial charge in [0.25, 0.3) is 5.91 Å². The second-order valence-electron chi connectivity index (χ2n) is 7.12. The van der Waals surface area contributed by atoms with Crippen molar-refractivity contribution in [2.45, 2.75) is 19.4 Å². The van der Waals surface area contributed by atoms with E-state index in [1.165, 1.54) is 28.4 Å². The van der Waals surface area contributed by atoms with Gasteiger partial charge in [0.2, 0.25) is 5.76 Å². The maximum Gasteiger partial charge on any atom is 0.297 e. The topological polar surface area (TPSA) is 72.6 Å². The van der Waals surface area contributed by atoms with Crippen LogP contribution in [0.4, 0.5) is 9.52 Å². The van der Waals surface area contributed by atoms with Crippen LogP contribution in [-0.4, -0.2) is 17.5 Å². The van der Waals surface area contributed by atoms with Gasteiger partial charge in [-0.15, -0.1) is 11.3 Å². The van der Waals surface area contributed by atoms with E-state index in [0.29, 0.717) is 23.1 Å². The van der Waals surface area contributed by atoms with Crippen molar-refractivity contribution in [1.29, 1.82) is 0 Å². The monoisotopic (exact) mass is 436 g/mol. The Bertz CT molecular complexity index is 1330. The molecule has 8 heteroatoms. The number of ether oxygens (including phenoxy) is 1. The van der Waals surface area contributed by atoms with Crippen molar-refractivity contribution in [3.8, 4) is 5.75 Å². The fourth-order valence-electron chi connectivity index (χ4n) is 3.76.